The summed E-state index contributed by atoms with van der Waals surface area (Å²) in [5.41, 5.74) is 0.423. The Morgan fingerprint density at radius 1 is 1.38 bits per heavy atom. The highest BCUT2D eigenvalue weighted by Gasteiger charge is 2.13. The van der Waals surface area contributed by atoms with E-state index in [2.05, 4.69) is 5.10 Å². The summed E-state index contributed by atoms with van der Waals surface area (Å²) in [6.07, 6.45) is 2.32. The molecule has 1 aromatic heterocycles. The number of halogens is 2. The third-order valence-electron chi connectivity index (χ3n) is 1.91. The lowest BCUT2D eigenvalue weighted by molar-refractivity contribution is 0.609. The molecule has 0 saturated heterocycles. The molecule has 1 heterocycles. The van der Waals surface area contributed by atoms with Crippen molar-refractivity contribution < 1.29 is 12.8 Å². The van der Waals surface area contributed by atoms with Gasteiger partial charge in [-0.15, -0.1) is 0 Å². The summed E-state index contributed by atoms with van der Waals surface area (Å²) in [6.45, 7) is 0. The molecule has 0 radical (unpaired) electrons. The molecule has 0 aliphatic carbocycles. The summed E-state index contributed by atoms with van der Waals surface area (Å²) >= 11 is 0. The Balaban J connectivity index is 2.47. The van der Waals surface area contributed by atoms with Gasteiger partial charge in [-0.05, 0) is 18.2 Å². The smallest absolute Gasteiger partial charge is 0.239 e. The minimum atomic E-state index is -3.80. The SMILES string of the molecule is O=S(=O)(Cl)c1cnn(-c2cccc(F)c2)c1. The second-order valence-corrected chi connectivity index (χ2v) is 5.60. The van der Waals surface area contributed by atoms with Crippen LogP contribution in [0.5, 0.6) is 0 Å². The van der Waals surface area contributed by atoms with Gasteiger partial charge in [0.1, 0.15) is 10.7 Å². The predicted molar refractivity (Wildman–Crippen MR) is 56.6 cm³/mol. The molecular weight excluding hydrogens is 255 g/mol. The summed E-state index contributed by atoms with van der Waals surface area (Å²) in [4.78, 5) is -0.126. The van der Waals surface area contributed by atoms with Gasteiger partial charge in [0.05, 0.1) is 18.1 Å². The van der Waals surface area contributed by atoms with Gasteiger partial charge in [-0.25, -0.2) is 17.5 Å². The van der Waals surface area contributed by atoms with Gasteiger partial charge in [-0.2, -0.15) is 5.10 Å². The molecule has 0 unspecified atom stereocenters. The fourth-order valence-corrected chi connectivity index (χ4v) is 1.83. The van der Waals surface area contributed by atoms with Crippen molar-refractivity contribution in [2.75, 3.05) is 0 Å². The molecule has 0 N–H and O–H groups in total. The first-order valence-corrected chi connectivity index (χ1v) is 6.53. The molecule has 0 atom stereocenters. The second kappa shape index (κ2) is 3.88. The average Bonchev–Trinajstić information content (AvgIpc) is 2.65. The lowest BCUT2D eigenvalue weighted by atomic mass is 10.3. The third-order valence-corrected chi connectivity index (χ3v) is 3.22. The molecule has 0 aliphatic heterocycles. The van der Waals surface area contributed by atoms with E-state index in [9.17, 15) is 12.8 Å². The third kappa shape index (κ3) is 2.23. The topological polar surface area (TPSA) is 52.0 Å². The fourth-order valence-electron chi connectivity index (χ4n) is 1.19. The highest BCUT2D eigenvalue weighted by Crippen LogP contribution is 2.16. The molecule has 7 heteroatoms. The van der Waals surface area contributed by atoms with Crippen LogP contribution < -0.4 is 0 Å². The zero-order valence-corrected chi connectivity index (χ0v) is 9.41. The monoisotopic (exact) mass is 260 g/mol. The summed E-state index contributed by atoms with van der Waals surface area (Å²) in [6, 6.07) is 5.62. The fraction of sp³-hybridized carbons (Fsp3) is 0. The van der Waals surface area contributed by atoms with Crippen LogP contribution in [0.15, 0.2) is 41.6 Å². The van der Waals surface area contributed by atoms with Gasteiger partial charge in [0, 0.05) is 10.7 Å². The van der Waals surface area contributed by atoms with Gasteiger partial charge in [0.15, 0.2) is 0 Å². The average molecular weight is 261 g/mol. The molecule has 4 nitrogen and oxygen atoms in total. The summed E-state index contributed by atoms with van der Waals surface area (Å²) in [7, 11) is 1.33. The van der Waals surface area contributed by atoms with Crippen molar-refractivity contribution in [1.29, 1.82) is 0 Å². The maximum absolute atomic E-state index is 12.9. The Hall–Kier alpha value is -1.40. The van der Waals surface area contributed by atoms with E-state index in [1.54, 1.807) is 6.07 Å². The van der Waals surface area contributed by atoms with Crippen molar-refractivity contribution >= 4 is 19.7 Å². The molecule has 1 aromatic carbocycles. The lowest BCUT2D eigenvalue weighted by Crippen LogP contribution is -1.94. The largest absolute Gasteiger partial charge is 0.264 e. The summed E-state index contributed by atoms with van der Waals surface area (Å²) in [5.74, 6) is -0.428. The van der Waals surface area contributed by atoms with E-state index in [0.29, 0.717) is 5.69 Å². The van der Waals surface area contributed by atoms with Gasteiger partial charge in [0.25, 0.3) is 9.05 Å². The van der Waals surface area contributed by atoms with Crippen molar-refractivity contribution in [3.8, 4) is 5.69 Å². The van der Waals surface area contributed by atoms with E-state index in [0.717, 1.165) is 6.20 Å². The van der Waals surface area contributed by atoms with Crippen LogP contribution in [0.2, 0.25) is 0 Å². The highest BCUT2D eigenvalue weighted by molar-refractivity contribution is 8.13. The van der Waals surface area contributed by atoms with E-state index >= 15 is 0 Å². The number of hydrogen-bond donors (Lipinski definition) is 0. The van der Waals surface area contributed by atoms with E-state index in [4.69, 9.17) is 10.7 Å². The van der Waals surface area contributed by atoms with E-state index in [1.807, 2.05) is 0 Å². The van der Waals surface area contributed by atoms with Gasteiger partial charge in [-0.3, -0.25) is 0 Å². The van der Waals surface area contributed by atoms with Gasteiger partial charge in [0.2, 0.25) is 0 Å². The van der Waals surface area contributed by atoms with Crippen LogP contribution in [-0.4, -0.2) is 18.2 Å². The standard InChI is InChI=1S/C9H6ClFN2O2S/c10-16(14,15)9-5-12-13(6-9)8-3-1-2-7(11)4-8/h1-6H. The molecule has 0 saturated carbocycles. The Labute approximate surface area is 95.7 Å². The number of rotatable bonds is 2. The van der Waals surface area contributed by atoms with Crippen LogP contribution in [0, 0.1) is 5.82 Å². The van der Waals surface area contributed by atoms with Crippen LogP contribution in [0.25, 0.3) is 5.69 Å². The number of benzene rings is 1. The maximum Gasteiger partial charge on any atom is 0.264 e. The molecule has 0 fully saturated rings. The van der Waals surface area contributed by atoms with E-state index < -0.39 is 14.9 Å². The first-order valence-electron chi connectivity index (χ1n) is 4.22. The first-order chi connectivity index (χ1) is 7.47. The van der Waals surface area contributed by atoms with Gasteiger partial charge < -0.3 is 0 Å². The van der Waals surface area contributed by atoms with Crippen molar-refractivity contribution in [1.82, 2.24) is 9.78 Å². The van der Waals surface area contributed by atoms with Crippen LogP contribution in [0.1, 0.15) is 0 Å². The molecule has 16 heavy (non-hydrogen) atoms. The summed E-state index contributed by atoms with van der Waals surface area (Å²) < 4.78 is 36.1. The van der Waals surface area contributed by atoms with E-state index in [1.165, 1.54) is 29.1 Å². The molecule has 84 valence electrons. The Morgan fingerprint density at radius 2 is 2.12 bits per heavy atom. The quantitative estimate of drug-likeness (QED) is 0.776. The zero-order chi connectivity index (χ0) is 11.8. The van der Waals surface area contributed by atoms with Gasteiger partial charge >= 0.3 is 0 Å². The van der Waals surface area contributed by atoms with Crippen LogP contribution in [0.4, 0.5) is 4.39 Å². The lowest BCUT2D eigenvalue weighted by Gasteiger charge is -1.99. The molecule has 2 rings (SSSR count). The number of hydrogen-bond acceptors (Lipinski definition) is 3. The van der Waals surface area contributed by atoms with Crippen LogP contribution in [0.3, 0.4) is 0 Å². The second-order valence-electron chi connectivity index (χ2n) is 3.04. The van der Waals surface area contributed by atoms with E-state index in [-0.39, 0.29) is 4.90 Å². The predicted octanol–water partition coefficient (Wildman–Crippen LogP) is 1.94. The normalized spacial score (nSPS) is 11.6. The molecule has 0 spiro atoms. The van der Waals surface area contributed by atoms with Crippen molar-refractivity contribution in [3.63, 3.8) is 0 Å². The molecule has 2 aromatic rings. The van der Waals surface area contributed by atoms with Crippen molar-refractivity contribution in [2.45, 2.75) is 4.90 Å². The molecular formula is C9H6ClFN2O2S. The Morgan fingerprint density at radius 3 is 2.69 bits per heavy atom. The minimum Gasteiger partial charge on any atom is -0.239 e. The zero-order valence-electron chi connectivity index (χ0n) is 7.84. The molecule has 0 amide bonds. The molecule has 0 bridgehead atoms. The Bertz CT molecular complexity index is 624. The van der Waals surface area contributed by atoms with Crippen LogP contribution in [-0.2, 0) is 9.05 Å². The Kier molecular flexibility index (Phi) is 2.69. The minimum absolute atomic E-state index is 0.126. The number of nitrogens with zero attached hydrogens (tertiary/aromatic N) is 2. The molecule has 0 aliphatic rings. The maximum atomic E-state index is 12.9. The van der Waals surface area contributed by atoms with Crippen LogP contribution >= 0.6 is 10.7 Å². The van der Waals surface area contributed by atoms with Crippen molar-refractivity contribution in [2.24, 2.45) is 0 Å². The highest BCUT2D eigenvalue weighted by atomic mass is 35.7. The number of aromatic nitrogens is 2. The first kappa shape index (κ1) is 11.1. The van der Waals surface area contributed by atoms with Crippen molar-refractivity contribution in [3.05, 3.63) is 42.5 Å². The van der Waals surface area contributed by atoms with Gasteiger partial charge in [-0.1, -0.05) is 6.07 Å². The summed E-state index contributed by atoms with van der Waals surface area (Å²) in [5, 5.41) is 3.78.